The lowest BCUT2D eigenvalue weighted by atomic mass is 9.92. The lowest BCUT2D eigenvalue weighted by molar-refractivity contribution is -2.00. The molecule has 0 atom stereocenters. The van der Waals surface area contributed by atoms with E-state index in [-0.39, 0.29) is 5.78 Å². The van der Waals surface area contributed by atoms with Crippen LogP contribution in [0.25, 0.3) is 0 Å². The van der Waals surface area contributed by atoms with E-state index in [4.69, 9.17) is 36.1 Å². The summed E-state index contributed by atoms with van der Waals surface area (Å²) in [7, 11) is -4.94. The molecule has 2 aromatic carbocycles. The lowest BCUT2D eigenvalue weighted by Gasteiger charge is -2.17. The first-order valence-electron chi connectivity index (χ1n) is 7.06. The van der Waals surface area contributed by atoms with Crippen molar-refractivity contribution in [2.24, 2.45) is 5.84 Å². The summed E-state index contributed by atoms with van der Waals surface area (Å²) in [6, 6.07) is 14.8. The zero-order valence-electron chi connectivity index (χ0n) is 12.9. The molecule has 0 saturated heterocycles. The van der Waals surface area contributed by atoms with Crippen LogP contribution in [-0.2, 0) is 6.42 Å². The minimum absolute atomic E-state index is 0.0729. The molecule has 132 valence electrons. The van der Waals surface area contributed by atoms with Crippen molar-refractivity contribution >= 4 is 23.1 Å². The maximum atomic E-state index is 12.7. The van der Waals surface area contributed by atoms with Crippen molar-refractivity contribution in [1.82, 2.24) is 0 Å². The molecule has 9 heteroatoms. The monoisotopic (exact) mass is 384 g/mol. The van der Waals surface area contributed by atoms with Crippen LogP contribution in [0.3, 0.4) is 0 Å². The number of halogens is 2. The highest BCUT2D eigenvalue weighted by Gasteiger charge is 2.31. The van der Waals surface area contributed by atoms with Gasteiger partial charge in [-0.15, -0.1) is 14.9 Å². The highest BCUT2D eigenvalue weighted by molar-refractivity contribution is 6.50. The fraction of sp³-hybridized carbons (Fsp3) is 0.125. The number of hydrogen-bond acceptors (Lipinski definition) is 6. The van der Waals surface area contributed by atoms with Crippen molar-refractivity contribution in [3.8, 4) is 0 Å². The maximum absolute atomic E-state index is 12.7. The van der Waals surface area contributed by atoms with E-state index < -0.39 is 10.2 Å². The van der Waals surface area contributed by atoms with Crippen molar-refractivity contribution in [3.05, 3.63) is 70.2 Å². The smallest absolute Gasteiger partial charge is 0.282 e. The van der Waals surface area contributed by atoms with Crippen molar-refractivity contribution < 1.29 is 38.4 Å². The number of rotatable bonds is 2. The van der Waals surface area contributed by atoms with Gasteiger partial charge in [-0.3, -0.25) is 4.79 Å². The minimum atomic E-state index is -4.94. The summed E-state index contributed by atoms with van der Waals surface area (Å²) in [4.78, 5) is 12.7. The zero-order chi connectivity index (χ0) is 18.6. The van der Waals surface area contributed by atoms with Crippen LogP contribution in [0.15, 0.2) is 48.5 Å². The Kier molecular flexibility index (Phi) is 6.12. The Morgan fingerprint density at radius 2 is 1.60 bits per heavy atom. The molecule has 0 saturated carbocycles. The molecule has 1 heterocycles. The molecule has 2 N–H and O–H groups in total. The van der Waals surface area contributed by atoms with Crippen molar-refractivity contribution in [2.75, 3.05) is 6.54 Å². The summed E-state index contributed by atoms with van der Waals surface area (Å²) < 4.78 is 35.5. The second-order valence-corrected chi connectivity index (χ2v) is 6.36. The van der Waals surface area contributed by atoms with Crippen molar-refractivity contribution in [1.29, 1.82) is 0 Å². The largest absolute Gasteiger partial charge is 0.283 e. The molecule has 0 unspecified atom stereocenters. The zero-order valence-corrected chi connectivity index (χ0v) is 14.4. The van der Waals surface area contributed by atoms with Gasteiger partial charge in [-0.1, -0.05) is 29.8 Å². The molecule has 0 radical (unpaired) electrons. The Balaban J connectivity index is 0.000000399. The molecule has 3 rings (SSSR count). The minimum Gasteiger partial charge on any atom is -0.282 e. The van der Waals surface area contributed by atoms with Gasteiger partial charge in [-0.2, -0.15) is 0 Å². The standard InChI is InChI=1S/C16H13ClN2O.ClHO4/c17-13-7-5-12(6-8-13)16(20)15-14-4-2-1-3-11(14)9-10-19(15)18;2-1(3,4)5/h1-8H,9-10H2,(H-,18,20);(H,2,3,4,5). The number of ketones is 1. The second-order valence-electron chi connectivity index (χ2n) is 5.16. The number of Topliss-reactive ketones (excluding diaryl/α,β-unsaturated/α-hetero) is 1. The maximum Gasteiger partial charge on any atom is 0.283 e. The van der Waals surface area contributed by atoms with Crippen LogP contribution in [-0.4, -0.2) is 22.7 Å². The third kappa shape index (κ3) is 5.50. The molecule has 1 aliphatic rings. The molecule has 0 aliphatic carbocycles. The molecule has 2 aromatic rings. The van der Waals surface area contributed by atoms with Gasteiger partial charge in [0.1, 0.15) is 0 Å². The van der Waals surface area contributed by atoms with Gasteiger partial charge >= 0.3 is 0 Å². The average Bonchev–Trinajstić information content (AvgIpc) is 2.53. The van der Waals surface area contributed by atoms with Gasteiger partial charge in [0.2, 0.25) is 0 Å². The second kappa shape index (κ2) is 7.92. The average molecular weight is 385 g/mol. The Morgan fingerprint density at radius 3 is 2.20 bits per heavy atom. The number of fused-ring (bicyclic) bond motifs is 1. The van der Waals surface area contributed by atoms with E-state index in [9.17, 15) is 4.79 Å². The molecule has 0 fully saturated rings. The Hall–Kier alpha value is -2.00. The number of hydrazine groups is 1. The Bertz CT molecular complexity index is 795. The molecule has 0 bridgehead atoms. The predicted molar refractivity (Wildman–Crippen MR) is 79.4 cm³/mol. The molecular formula is C16H14Cl2N2O5. The summed E-state index contributed by atoms with van der Waals surface area (Å²) >= 11 is 5.86. The van der Waals surface area contributed by atoms with E-state index in [2.05, 4.69) is 0 Å². The van der Waals surface area contributed by atoms with Gasteiger partial charge in [0, 0.05) is 17.0 Å². The molecule has 0 aromatic heterocycles. The van der Waals surface area contributed by atoms with E-state index in [0.717, 1.165) is 17.5 Å². The SMILES string of the molecule is N[N+]1=C(C(=O)c2ccc(Cl)cc2)c2ccccc2CC1.[O-][Cl+3]([O-])([O-])[O-]. The number of hydrogen-bond donors (Lipinski definition) is 1. The van der Waals surface area contributed by atoms with Gasteiger partial charge in [0.15, 0.2) is 6.54 Å². The molecular weight excluding hydrogens is 371 g/mol. The van der Waals surface area contributed by atoms with E-state index in [1.165, 1.54) is 0 Å². The summed E-state index contributed by atoms with van der Waals surface area (Å²) in [5.74, 6) is 5.94. The molecule has 7 nitrogen and oxygen atoms in total. The third-order valence-corrected chi connectivity index (χ3v) is 3.76. The summed E-state index contributed by atoms with van der Waals surface area (Å²) in [5.41, 5.74) is 3.22. The third-order valence-electron chi connectivity index (χ3n) is 3.50. The van der Waals surface area contributed by atoms with Crippen LogP contribution in [0, 0.1) is 10.2 Å². The number of benzene rings is 2. The van der Waals surface area contributed by atoms with Gasteiger partial charge in [0.25, 0.3) is 11.5 Å². The highest BCUT2D eigenvalue weighted by Crippen LogP contribution is 2.18. The van der Waals surface area contributed by atoms with Crippen LogP contribution in [0.2, 0.25) is 5.02 Å². The molecule has 25 heavy (non-hydrogen) atoms. The van der Waals surface area contributed by atoms with Crippen LogP contribution < -0.4 is 24.5 Å². The van der Waals surface area contributed by atoms with Crippen LogP contribution >= 0.6 is 11.6 Å². The van der Waals surface area contributed by atoms with Crippen molar-refractivity contribution in [2.45, 2.75) is 6.42 Å². The predicted octanol–water partition coefficient (Wildman–Crippen LogP) is -2.30. The summed E-state index contributed by atoms with van der Waals surface area (Å²) in [5, 5.41) is 0.611. The van der Waals surface area contributed by atoms with Gasteiger partial charge in [-0.05, 0) is 35.9 Å². The molecule has 0 amide bonds. The van der Waals surface area contributed by atoms with Crippen LogP contribution in [0.1, 0.15) is 21.5 Å². The quantitative estimate of drug-likeness (QED) is 0.351. The molecule has 1 aliphatic heterocycles. The van der Waals surface area contributed by atoms with E-state index >= 15 is 0 Å². The van der Waals surface area contributed by atoms with Gasteiger partial charge in [-0.25, -0.2) is 24.5 Å². The Labute approximate surface area is 150 Å². The summed E-state index contributed by atoms with van der Waals surface area (Å²) in [6.45, 7) is 0.645. The number of nitrogens with zero attached hydrogens (tertiary/aromatic N) is 1. The number of hydrazone groups is 1. The number of carbonyl (C=O) groups excluding carboxylic acids is 1. The number of nitrogens with two attached hydrogens (primary N) is 1. The van der Waals surface area contributed by atoms with Crippen LogP contribution in [0.4, 0.5) is 0 Å². The van der Waals surface area contributed by atoms with Crippen molar-refractivity contribution in [3.63, 3.8) is 0 Å². The fourth-order valence-corrected chi connectivity index (χ4v) is 2.59. The van der Waals surface area contributed by atoms with E-state index in [1.807, 2.05) is 24.3 Å². The number of carbonyl (C=O) groups is 1. The normalized spacial score (nSPS) is 13.6. The lowest BCUT2D eigenvalue weighted by Crippen LogP contribution is -2.68. The molecule has 0 spiro atoms. The van der Waals surface area contributed by atoms with E-state index in [1.54, 1.807) is 28.9 Å². The Morgan fingerprint density at radius 1 is 1.04 bits per heavy atom. The van der Waals surface area contributed by atoms with Crippen LogP contribution in [0.5, 0.6) is 0 Å². The fourth-order valence-electron chi connectivity index (χ4n) is 2.47. The van der Waals surface area contributed by atoms with Gasteiger partial charge in [0.05, 0.1) is 5.56 Å². The first kappa shape index (κ1) is 19.3. The van der Waals surface area contributed by atoms with Gasteiger partial charge < -0.3 is 0 Å². The van der Waals surface area contributed by atoms with E-state index in [0.29, 0.717) is 22.8 Å². The topological polar surface area (TPSA) is 138 Å². The first-order valence-corrected chi connectivity index (χ1v) is 8.67. The summed E-state index contributed by atoms with van der Waals surface area (Å²) in [6.07, 6.45) is 0.851. The first-order chi connectivity index (χ1) is 11.7. The highest BCUT2D eigenvalue weighted by atomic mass is 35.7.